The summed E-state index contributed by atoms with van der Waals surface area (Å²) in [7, 11) is 0. The number of ketones is 1. The first-order valence-electron chi connectivity index (χ1n) is 9.60. The normalized spacial score (nSPS) is 11.0. The molecule has 0 aliphatic carbocycles. The molecule has 4 nitrogen and oxygen atoms in total. The van der Waals surface area contributed by atoms with Crippen molar-refractivity contribution in [3.8, 4) is 5.69 Å². The minimum Gasteiger partial charge on any atom is -0.293 e. The van der Waals surface area contributed by atoms with E-state index in [1.807, 2.05) is 30.3 Å². The molecule has 0 unspecified atom stereocenters. The van der Waals surface area contributed by atoms with Gasteiger partial charge in [0.2, 0.25) is 0 Å². The quantitative estimate of drug-likeness (QED) is 0.249. The molecule has 0 aliphatic heterocycles. The SMILES string of the molecule is CCc1ccc(-n2c(SCC(=O)c3ccccc3F)nc3ccccc3c2=O)cc1. The number of para-hydroxylation sites is 1. The molecule has 150 valence electrons. The van der Waals surface area contributed by atoms with Crippen LogP contribution in [0.2, 0.25) is 0 Å². The molecule has 0 atom stereocenters. The molecule has 1 heterocycles. The van der Waals surface area contributed by atoms with Gasteiger partial charge in [-0.15, -0.1) is 0 Å². The number of nitrogens with zero attached hydrogens (tertiary/aromatic N) is 2. The van der Waals surface area contributed by atoms with Gasteiger partial charge in [-0.25, -0.2) is 9.37 Å². The highest BCUT2D eigenvalue weighted by Crippen LogP contribution is 2.23. The van der Waals surface area contributed by atoms with Crippen molar-refractivity contribution >= 4 is 28.4 Å². The molecule has 0 N–H and O–H groups in total. The van der Waals surface area contributed by atoms with Gasteiger partial charge in [0.25, 0.3) is 5.56 Å². The van der Waals surface area contributed by atoms with Crippen LogP contribution in [0.25, 0.3) is 16.6 Å². The lowest BCUT2D eigenvalue weighted by atomic mass is 10.1. The van der Waals surface area contributed by atoms with Crippen LogP contribution in [0.1, 0.15) is 22.8 Å². The Bertz CT molecular complexity index is 1280. The van der Waals surface area contributed by atoms with Gasteiger partial charge in [-0.3, -0.25) is 14.2 Å². The number of thioether (sulfide) groups is 1. The van der Waals surface area contributed by atoms with Crippen molar-refractivity contribution in [1.82, 2.24) is 9.55 Å². The molecular formula is C24H19FN2O2S. The number of fused-ring (bicyclic) bond motifs is 1. The van der Waals surface area contributed by atoms with Crippen molar-refractivity contribution in [3.05, 3.63) is 100 Å². The second kappa shape index (κ2) is 8.63. The van der Waals surface area contributed by atoms with Crippen LogP contribution in [0.3, 0.4) is 0 Å². The van der Waals surface area contributed by atoms with E-state index in [2.05, 4.69) is 11.9 Å². The van der Waals surface area contributed by atoms with Crippen molar-refractivity contribution < 1.29 is 9.18 Å². The summed E-state index contributed by atoms with van der Waals surface area (Å²) in [6, 6.07) is 20.7. The molecule has 4 aromatic rings. The fourth-order valence-corrected chi connectivity index (χ4v) is 4.11. The summed E-state index contributed by atoms with van der Waals surface area (Å²) in [5.74, 6) is -0.936. The molecule has 0 fully saturated rings. The summed E-state index contributed by atoms with van der Waals surface area (Å²) in [5, 5.41) is 0.898. The number of hydrogen-bond donors (Lipinski definition) is 0. The first kappa shape index (κ1) is 20.0. The Labute approximate surface area is 177 Å². The number of Topliss-reactive ketones (excluding diaryl/α,β-unsaturated/α-hetero) is 1. The van der Waals surface area contributed by atoms with Crippen LogP contribution in [0, 0.1) is 5.82 Å². The van der Waals surface area contributed by atoms with E-state index >= 15 is 0 Å². The van der Waals surface area contributed by atoms with E-state index in [0.717, 1.165) is 23.7 Å². The highest BCUT2D eigenvalue weighted by Gasteiger charge is 2.17. The molecule has 4 rings (SSSR count). The summed E-state index contributed by atoms with van der Waals surface area (Å²) in [4.78, 5) is 30.4. The highest BCUT2D eigenvalue weighted by atomic mass is 32.2. The minimum absolute atomic E-state index is 0.0290. The Morgan fingerprint density at radius 1 is 1.00 bits per heavy atom. The predicted octanol–water partition coefficient (Wildman–Crippen LogP) is 5.06. The molecule has 1 aromatic heterocycles. The van der Waals surface area contributed by atoms with Crippen molar-refractivity contribution in [1.29, 1.82) is 0 Å². The lowest BCUT2D eigenvalue weighted by molar-refractivity contribution is 0.101. The van der Waals surface area contributed by atoms with Gasteiger partial charge in [0.05, 0.1) is 27.9 Å². The number of aryl methyl sites for hydroxylation is 1. The van der Waals surface area contributed by atoms with Crippen LogP contribution < -0.4 is 5.56 Å². The third-order valence-corrected chi connectivity index (χ3v) is 5.79. The van der Waals surface area contributed by atoms with E-state index in [4.69, 9.17) is 0 Å². The number of aromatic nitrogens is 2. The zero-order valence-corrected chi connectivity index (χ0v) is 17.2. The Morgan fingerprint density at radius 2 is 1.70 bits per heavy atom. The zero-order chi connectivity index (χ0) is 21.1. The molecule has 30 heavy (non-hydrogen) atoms. The largest absolute Gasteiger partial charge is 0.293 e. The minimum atomic E-state index is -0.554. The summed E-state index contributed by atoms with van der Waals surface area (Å²) >= 11 is 1.13. The molecule has 0 bridgehead atoms. The first-order chi connectivity index (χ1) is 14.6. The number of benzene rings is 3. The third-order valence-electron chi connectivity index (χ3n) is 4.85. The summed E-state index contributed by atoms with van der Waals surface area (Å²) in [6.45, 7) is 2.06. The third kappa shape index (κ3) is 3.91. The molecule has 0 amide bonds. The second-order valence-electron chi connectivity index (χ2n) is 6.76. The molecular weight excluding hydrogens is 399 g/mol. The highest BCUT2D eigenvalue weighted by molar-refractivity contribution is 7.99. The number of rotatable bonds is 6. The van der Waals surface area contributed by atoms with Gasteiger partial charge in [-0.1, -0.05) is 55.1 Å². The average molecular weight is 418 g/mol. The molecule has 0 aliphatic rings. The number of hydrogen-bond acceptors (Lipinski definition) is 4. The molecule has 3 aromatic carbocycles. The van der Waals surface area contributed by atoms with E-state index in [-0.39, 0.29) is 22.7 Å². The van der Waals surface area contributed by atoms with E-state index in [9.17, 15) is 14.0 Å². The summed E-state index contributed by atoms with van der Waals surface area (Å²) < 4.78 is 15.5. The van der Waals surface area contributed by atoms with E-state index in [1.54, 1.807) is 30.3 Å². The van der Waals surface area contributed by atoms with Crippen LogP contribution >= 0.6 is 11.8 Å². The smallest absolute Gasteiger partial charge is 0.266 e. The molecule has 6 heteroatoms. The summed E-state index contributed by atoms with van der Waals surface area (Å²) in [5.41, 5.74) is 2.23. The fourth-order valence-electron chi connectivity index (χ4n) is 3.21. The first-order valence-corrected chi connectivity index (χ1v) is 10.6. The number of halogens is 1. The van der Waals surface area contributed by atoms with Crippen molar-refractivity contribution in [2.24, 2.45) is 0 Å². The van der Waals surface area contributed by atoms with Crippen LogP contribution in [0.5, 0.6) is 0 Å². The van der Waals surface area contributed by atoms with Crippen LogP contribution in [-0.2, 0) is 6.42 Å². The van der Waals surface area contributed by atoms with Crippen molar-refractivity contribution in [2.75, 3.05) is 5.75 Å². The Morgan fingerprint density at radius 3 is 2.43 bits per heavy atom. The maximum absolute atomic E-state index is 14.0. The Kier molecular flexibility index (Phi) is 5.77. The lowest BCUT2D eigenvalue weighted by Gasteiger charge is -2.13. The van der Waals surface area contributed by atoms with Gasteiger partial charge < -0.3 is 0 Å². The lowest BCUT2D eigenvalue weighted by Crippen LogP contribution is -2.22. The van der Waals surface area contributed by atoms with Crippen LogP contribution in [0.15, 0.2) is 82.7 Å². The van der Waals surface area contributed by atoms with Crippen molar-refractivity contribution in [3.63, 3.8) is 0 Å². The van der Waals surface area contributed by atoms with E-state index in [0.29, 0.717) is 21.7 Å². The molecule has 0 spiro atoms. The second-order valence-corrected chi connectivity index (χ2v) is 7.71. The number of carbonyl (C=O) groups is 1. The average Bonchev–Trinajstić information content (AvgIpc) is 2.78. The molecule has 0 saturated heterocycles. The van der Waals surface area contributed by atoms with E-state index in [1.165, 1.54) is 16.7 Å². The van der Waals surface area contributed by atoms with Gasteiger partial charge in [-0.05, 0) is 48.4 Å². The monoisotopic (exact) mass is 418 g/mol. The van der Waals surface area contributed by atoms with Gasteiger partial charge in [0, 0.05) is 0 Å². The predicted molar refractivity (Wildman–Crippen MR) is 118 cm³/mol. The molecule has 0 radical (unpaired) electrons. The fraction of sp³-hybridized carbons (Fsp3) is 0.125. The van der Waals surface area contributed by atoms with Crippen LogP contribution in [0.4, 0.5) is 4.39 Å². The Hall–Kier alpha value is -3.25. The van der Waals surface area contributed by atoms with Gasteiger partial charge in [0.1, 0.15) is 5.82 Å². The van der Waals surface area contributed by atoms with Gasteiger partial charge in [-0.2, -0.15) is 0 Å². The molecule has 0 saturated carbocycles. The maximum atomic E-state index is 14.0. The maximum Gasteiger partial charge on any atom is 0.266 e. The Balaban J connectivity index is 1.76. The number of carbonyl (C=O) groups excluding carboxylic acids is 1. The van der Waals surface area contributed by atoms with Crippen molar-refractivity contribution in [2.45, 2.75) is 18.5 Å². The van der Waals surface area contributed by atoms with E-state index < -0.39 is 5.82 Å². The van der Waals surface area contributed by atoms with Gasteiger partial charge >= 0.3 is 0 Å². The standard InChI is InChI=1S/C24H19FN2O2S/c1-2-16-11-13-17(14-12-16)27-23(29)19-8-4-6-10-21(19)26-24(27)30-15-22(28)18-7-3-5-9-20(18)25/h3-14H,2,15H2,1H3. The van der Waals surface area contributed by atoms with Gasteiger partial charge in [0.15, 0.2) is 10.9 Å². The zero-order valence-electron chi connectivity index (χ0n) is 16.3. The topological polar surface area (TPSA) is 52.0 Å². The van der Waals surface area contributed by atoms with Crippen LogP contribution in [-0.4, -0.2) is 21.1 Å². The summed E-state index contributed by atoms with van der Waals surface area (Å²) in [6.07, 6.45) is 0.893.